The highest BCUT2D eigenvalue weighted by Gasteiger charge is 2.38. The highest BCUT2D eigenvalue weighted by Crippen LogP contribution is 2.63. The normalized spacial score (nSPS) is 17.0. The molecule has 0 bridgehead atoms. The van der Waals surface area contributed by atoms with Gasteiger partial charge in [0.15, 0.2) is 0 Å². The van der Waals surface area contributed by atoms with Gasteiger partial charge in [0.2, 0.25) is 0 Å². The summed E-state index contributed by atoms with van der Waals surface area (Å²) < 4.78 is 0. The molecular formula is C114H220N4P16. The van der Waals surface area contributed by atoms with Crippen LogP contribution < -0.4 is 43.0 Å². The number of rotatable bonds is 18. The summed E-state index contributed by atoms with van der Waals surface area (Å²) in [5.41, 5.74) is 9.12. The topological polar surface area (TPSA) is 51.6 Å². The van der Waals surface area contributed by atoms with Crippen LogP contribution in [0.25, 0.3) is 22.1 Å². The molecule has 0 saturated carbocycles. The minimum absolute atomic E-state index is 0.101. The molecule has 776 valence electrons. The van der Waals surface area contributed by atoms with Gasteiger partial charge in [-0.2, -0.15) is 0 Å². The first-order chi connectivity index (χ1) is 59.3. The van der Waals surface area contributed by atoms with E-state index in [9.17, 15) is 0 Å². The van der Waals surface area contributed by atoms with Crippen LogP contribution in [-0.4, -0.2) is 246 Å². The van der Waals surface area contributed by atoms with Gasteiger partial charge in [-0.05, 0) is 271 Å². The molecule has 20 heteroatoms. The summed E-state index contributed by atoms with van der Waals surface area (Å²) >= 11 is 0. The lowest BCUT2D eigenvalue weighted by Crippen LogP contribution is -2.36. The van der Waals surface area contributed by atoms with Crippen LogP contribution in [-0.2, 0) is 0 Å². The summed E-state index contributed by atoms with van der Waals surface area (Å²) in [6.45, 7) is 152. The average molecular weight is 2140 g/mol. The van der Waals surface area contributed by atoms with E-state index in [-0.39, 0.29) is 147 Å². The van der Waals surface area contributed by atoms with E-state index in [1.54, 1.807) is 21.2 Å². The summed E-state index contributed by atoms with van der Waals surface area (Å²) in [5, 5.41) is 13.3. The maximum Gasteiger partial charge on any atom is 0.0899 e. The molecule has 2 aromatic heterocycles. The first-order valence-corrected chi connectivity index (χ1v) is 79.8. The summed E-state index contributed by atoms with van der Waals surface area (Å²) in [7, 11) is -0.121. The number of benzene rings is 4. The Morgan fingerprint density at radius 3 is 0.366 bits per heavy atom. The van der Waals surface area contributed by atoms with Crippen LogP contribution in [0.4, 0.5) is 0 Å². The minimum atomic E-state index is -0.348. The van der Waals surface area contributed by atoms with E-state index in [1.807, 2.05) is 24.3 Å². The number of hydrogen-bond acceptors (Lipinski definition) is 4. The van der Waals surface area contributed by atoms with Crippen molar-refractivity contribution in [1.82, 2.24) is 19.9 Å². The van der Waals surface area contributed by atoms with Crippen LogP contribution in [0.5, 0.6) is 0 Å². The van der Waals surface area contributed by atoms with Gasteiger partial charge in [0, 0.05) is 0 Å². The van der Waals surface area contributed by atoms with Gasteiger partial charge in [0.1, 0.15) is 0 Å². The SMILES string of the molecule is C[P@@](CC[P@](C)C(C)(C)C)C(C)(C)C.C[P@@](C[P@](C)C(C)(C)C)C(C)(C)C.C[P@@](c1ccccc1[P@](C)C(C)(C)C)C(C)(C)C.C[P@@](c1nc2ccccc2nc1[P@](C)C(C)(C)C)C(C)(C)C.C[P@](CC[P@@](C)C(C)(C)C)C(C)(C)C.C[P@](C[P@@](C)C(C)(C)C)C(C)(C)C.C[P@](c1ccccc1[P@@](C)C(C)(C)C)C(C)(C)C.C[P@](c1nc2ccccc2nc1[P@@](C)C(C)(C)C)C(C)(C)C. The van der Waals surface area contributed by atoms with Crippen LogP contribution in [0.3, 0.4) is 0 Å². The molecule has 0 N–H and O–H groups in total. The Kier molecular flexibility index (Phi) is 58.2. The van der Waals surface area contributed by atoms with Crippen LogP contribution in [0, 0.1) is 0 Å². The Morgan fingerprint density at radius 1 is 0.149 bits per heavy atom. The van der Waals surface area contributed by atoms with Crippen LogP contribution in [0.2, 0.25) is 0 Å². The van der Waals surface area contributed by atoms with Gasteiger partial charge < -0.3 is 0 Å². The Hall–Kier alpha value is 2.44. The van der Waals surface area contributed by atoms with Gasteiger partial charge in [-0.15, -0.1) is 31.7 Å². The molecule has 0 unspecified atom stereocenters. The monoisotopic (exact) mass is 2140 g/mol. The van der Waals surface area contributed by atoms with E-state index >= 15 is 0 Å². The molecule has 134 heavy (non-hydrogen) atoms. The van der Waals surface area contributed by atoms with Gasteiger partial charge >= 0.3 is 0 Å². The number of nitrogens with zero attached hydrogens (tertiary/aromatic N) is 4. The third kappa shape index (κ3) is 51.1. The van der Waals surface area contributed by atoms with Crippen LogP contribution >= 0.6 is 127 Å². The lowest BCUT2D eigenvalue weighted by molar-refractivity contribution is 0.777. The van der Waals surface area contributed by atoms with Gasteiger partial charge in [0.25, 0.3) is 0 Å². The molecule has 4 aromatic carbocycles. The van der Waals surface area contributed by atoms with Crippen molar-refractivity contribution in [2.75, 3.05) is 143 Å². The van der Waals surface area contributed by atoms with Crippen molar-refractivity contribution in [3.63, 3.8) is 0 Å². The van der Waals surface area contributed by atoms with E-state index in [4.69, 9.17) is 19.9 Å². The zero-order valence-electron chi connectivity index (χ0n) is 100. The highest BCUT2D eigenvalue weighted by atomic mass is 31.2. The second kappa shape index (κ2) is 56.3. The Labute approximate surface area is 859 Å². The fourth-order valence-corrected chi connectivity index (χ4v) is 44.8. The van der Waals surface area contributed by atoms with Gasteiger partial charge in [-0.1, -0.05) is 500 Å². The van der Waals surface area contributed by atoms with Crippen molar-refractivity contribution < 1.29 is 0 Å². The Morgan fingerprint density at radius 2 is 0.261 bits per heavy atom. The first kappa shape index (κ1) is 138. The molecule has 0 radical (unpaired) electrons. The molecule has 2 heterocycles. The maximum atomic E-state index is 5.06. The number of hydrogen-bond donors (Lipinski definition) is 0. The summed E-state index contributed by atoms with van der Waals surface area (Å²) in [5.74, 6) is 2.94. The van der Waals surface area contributed by atoms with E-state index in [1.165, 1.54) is 58.2 Å². The second-order valence-corrected chi connectivity index (χ2v) is 103. The second-order valence-electron chi connectivity index (χ2n) is 53.7. The van der Waals surface area contributed by atoms with Crippen LogP contribution in [0.1, 0.15) is 332 Å². The number of para-hydroxylation sites is 4. The third-order valence-corrected chi connectivity index (χ3v) is 81.6. The van der Waals surface area contributed by atoms with Crippen molar-refractivity contribution in [2.45, 2.75) is 415 Å². The molecular weight excluding hydrogens is 1920 g/mol. The fraction of sp³-hybridized carbons (Fsp3) is 0.754. The highest BCUT2D eigenvalue weighted by molar-refractivity contribution is 7.77. The molecule has 4 nitrogen and oxygen atoms in total. The maximum absolute atomic E-state index is 5.06. The summed E-state index contributed by atoms with van der Waals surface area (Å²) in [6, 6.07) is 34.8. The minimum Gasteiger partial charge on any atom is -0.244 e. The summed E-state index contributed by atoms with van der Waals surface area (Å²) in [6.07, 6.45) is 5.83. The standard InChI is InChI=1S/2C18H28N2P2.2C16H28P2.2C12H28P2.2C11H26P2/c2*1-17(2,3)21(7)15-16(22(8)18(4,5)6)20-14-12-10-9-11-13(14)19-15;2*1-15(2,3)17(7)13-11-9-10-12-14(13)18(8)16(4,5)6;2*1-11(2,3)13(7)9-10-14(8)12(4,5)6;2*1-10(2,3)12(7)9-13(8)11(4,5)6/h2*9-12H,1-8H3;2*9-12H,1-8H3;2*9-10H2,1-8H3;2*9H2,1-8H3/t2*21-,22-;2*17-,18-;2*13-,14-;2*12-,13-/m10101010/s1. The van der Waals surface area contributed by atoms with E-state index in [0.717, 1.165) is 22.1 Å². The van der Waals surface area contributed by atoms with Gasteiger partial charge in [0.05, 0.1) is 43.8 Å². The van der Waals surface area contributed by atoms with Crippen molar-refractivity contribution in [2.24, 2.45) is 0 Å². The zero-order chi connectivity index (χ0) is 107. The molecule has 6 rings (SSSR count). The molecule has 0 spiro atoms. The molecule has 0 aliphatic heterocycles. The molecule has 6 aromatic rings. The molecule has 16 atom stereocenters. The van der Waals surface area contributed by atoms with Crippen molar-refractivity contribution in [3.05, 3.63) is 97.1 Å². The predicted octanol–water partition coefficient (Wildman–Crippen LogP) is 38.1. The molecule has 0 aliphatic carbocycles. The molecule has 0 aliphatic rings. The Balaban J connectivity index is 0. The van der Waals surface area contributed by atoms with E-state index in [2.05, 4.69) is 512 Å². The molecule has 0 saturated heterocycles. The Bertz CT molecular complexity index is 3780. The molecule has 0 amide bonds. The lowest BCUT2D eigenvalue weighted by atomic mass is 10.3. The van der Waals surface area contributed by atoms with Crippen molar-refractivity contribution in [1.29, 1.82) is 0 Å². The number of fused-ring (bicyclic) bond motifs is 2. The van der Waals surface area contributed by atoms with E-state index < -0.39 is 0 Å². The van der Waals surface area contributed by atoms with Gasteiger partial charge in [-0.25, -0.2) is 19.9 Å². The van der Waals surface area contributed by atoms with Gasteiger partial charge in [-0.3, -0.25) is 0 Å². The summed E-state index contributed by atoms with van der Waals surface area (Å²) in [4.78, 5) is 20.2. The first-order valence-electron chi connectivity index (χ1n) is 49.7. The van der Waals surface area contributed by atoms with E-state index in [0.29, 0.717) is 61.9 Å². The molecule has 0 fully saturated rings. The zero-order valence-corrected chi connectivity index (χ0v) is 115. The predicted molar refractivity (Wildman–Crippen MR) is 680 cm³/mol. The quantitative estimate of drug-likeness (QED) is 0.0805. The lowest BCUT2D eigenvalue weighted by Gasteiger charge is -2.35. The smallest absolute Gasteiger partial charge is 0.0899 e. The van der Waals surface area contributed by atoms with Crippen molar-refractivity contribution in [3.8, 4) is 0 Å². The number of aromatic nitrogens is 4. The van der Waals surface area contributed by atoms with Crippen molar-refractivity contribution >= 4 is 192 Å². The fourth-order valence-electron chi connectivity index (χ4n) is 11.1. The largest absolute Gasteiger partial charge is 0.244 e. The average Bonchev–Trinajstić information content (AvgIpc) is 0.779. The van der Waals surface area contributed by atoms with Crippen LogP contribution in [0.15, 0.2) is 97.1 Å². The third-order valence-electron chi connectivity index (χ3n) is 27.1.